The van der Waals surface area contributed by atoms with E-state index in [1.165, 1.54) is 0 Å². The summed E-state index contributed by atoms with van der Waals surface area (Å²) < 4.78 is 10.6. The van der Waals surface area contributed by atoms with E-state index >= 15 is 0 Å². The fourth-order valence-electron chi connectivity index (χ4n) is 2.25. The maximum Gasteiger partial charge on any atom is 0.254 e. The van der Waals surface area contributed by atoms with Crippen LogP contribution in [0, 0.1) is 0 Å². The van der Waals surface area contributed by atoms with Crippen molar-refractivity contribution < 1.29 is 14.3 Å². The molecule has 23 heavy (non-hydrogen) atoms. The predicted octanol–water partition coefficient (Wildman–Crippen LogP) is 2.63. The number of ether oxygens (including phenoxy) is 2. The van der Waals surface area contributed by atoms with Gasteiger partial charge in [0, 0.05) is 13.2 Å². The van der Waals surface area contributed by atoms with Gasteiger partial charge in [-0.15, -0.1) is 0 Å². The molecule has 6 heteroatoms. The van der Waals surface area contributed by atoms with Crippen molar-refractivity contribution in [3.63, 3.8) is 0 Å². The van der Waals surface area contributed by atoms with Gasteiger partial charge in [0.05, 0.1) is 25.8 Å². The highest BCUT2D eigenvalue weighted by Crippen LogP contribution is 2.31. The highest BCUT2D eigenvalue weighted by molar-refractivity contribution is 5.98. The molecule has 0 radical (unpaired) electrons. The molecular formula is C17H21N3O3. The Bertz CT molecular complexity index is 689. The predicted molar refractivity (Wildman–Crippen MR) is 89.2 cm³/mol. The van der Waals surface area contributed by atoms with Gasteiger partial charge in [-0.3, -0.25) is 4.79 Å². The van der Waals surface area contributed by atoms with Gasteiger partial charge < -0.3 is 20.1 Å². The number of methoxy groups -OCH3 is 2. The molecule has 0 aliphatic rings. The highest BCUT2D eigenvalue weighted by atomic mass is 16.5. The molecule has 2 rings (SSSR count). The number of nitrogens with zero attached hydrogens (tertiary/aromatic N) is 1. The van der Waals surface area contributed by atoms with Gasteiger partial charge in [0.2, 0.25) is 0 Å². The largest absolute Gasteiger partial charge is 0.493 e. The Balaban J connectivity index is 2.26. The van der Waals surface area contributed by atoms with Gasteiger partial charge >= 0.3 is 0 Å². The third-order valence-electron chi connectivity index (χ3n) is 3.54. The molecule has 1 aromatic heterocycles. The SMILES string of the molecule is CNC(=O)c1cccnc1NC(C)c1ccc(OC)c(OC)c1. The Morgan fingerprint density at radius 3 is 2.57 bits per heavy atom. The van der Waals surface area contributed by atoms with E-state index in [4.69, 9.17) is 9.47 Å². The van der Waals surface area contributed by atoms with Crippen molar-refractivity contribution in [1.82, 2.24) is 10.3 Å². The summed E-state index contributed by atoms with van der Waals surface area (Å²) in [4.78, 5) is 16.2. The second kappa shape index (κ2) is 7.49. The van der Waals surface area contributed by atoms with Gasteiger partial charge in [-0.2, -0.15) is 0 Å². The van der Waals surface area contributed by atoms with Gasteiger partial charge in [-0.25, -0.2) is 4.98 Å². The van der Waals surface area contributed by atoms with Gasteiger partial charge in [0.25, 0.3) is 5.91 Å². The van der Waals surface area contributed by atoms with E-state index in [0.29, 0.717) is 22.9 Å². The molecule has 0 aliphatic heterocycles. The number of hydrogen-bond acceptors (Lipinski definition) is 5. The summed E-state index contributed by atoms with van der Waals surface area (Å²) in [6.07, 6.45) is 1.65. The molecule has 1 heterocycles. The van der Waals surface area contributed by atoms with Crippen molar-refractivity contribution in [3.8, 4) is 11.5 Å². The zero-order chi connectivity index (χ0) is 16.8. The van der Waals surface area contributed by atoms with Gasteiger partial charge in [0.15, 0.2) is 11.5 Å². The minimum absolute atomic E-state index is 0.0619. The van der Waals surface area contributed by atoms with Crippen LogP contribution in [0.2, 0.25) is 0 Å². The molecule has 0 bridgehead atoms. The van der Waals surface area contributed by atoms with E-state index in [0.717, 1.165) is 5.56 Å². The minimum atomic E-state index is -0.180. The van der Waals surface area contributed by atoms with Crippen LogP contribution in [0.1, 0.15) is 28.9 Å². The summed E-state index contributed by atoms with van der Waals surface area (Å²) in [5.74, 6) is 1.69. The summed E-state index contributed by atoms with van der Waals surface area (Å²) in [5.41, 5.74) is 1.50. The zero-order valence-corrected chi connectivity index (χ0v) is 13.7. The Labute approximate surface area is 135 Å². The van der Waals surface area contributed by atoms with Crippen LogP contribution >= 0.6 is 0 Å². The van der Waals surface area contributed by atoms with Crippen LogP contribution in [0.3, 0.4) is 0 Å². The number of aromatic nitrogens is 1. The molecule has 1 unspecified atom stereocenters. The zero-order valence-electron chi connectivity index (χ0n) is 13.7. The Morgan fingerprint density at radius 2 is 1.91 bits per heavy atom. The lowest BCUT2D eigenvalue weighted by Crippen LogP contribution is -2.21. The van der Waals surface area contributed by atoms with Crippen molar-refractivity contribution in [2.45, 2.75) is 13.0 Å². The minimum Gasteiger partial charge on any atom is -0.493 e. The van der Waals surface area contributed by atoms with E-state index in [2.05, 4.69) is 15.6 Å². The third kappa shape index (κ3) is 3.71. The molecule has 2 aromatic rings. The standard InChI is InChI=1S/C17H21N3O3/c1-11(12-7-8-14(22-3)15(10-12)23-4)20-16-13(17(21)18-2)6-5-9-19-16/h5-11H,1-4H3,(H,18,21)(H,19,20). The molecule has 1 aromatic carbocycles. The number of anilines is 1. The summed E-state index contributed by atoms with van der Waals surface area (Å²) in [7, 11) is 4.79. The smallest absolute Gasteiger partial charge is 0.254 e. The lowest BCUT2D eigenvalue weighted by Gasteiger charge is -2.18. The molecule has 0 spiro atoms. The molecule has 1 amide bonds. The van der Waals surface area contributed by atoms with Crippen molar-refractivity contribution >= 4 is 11.7 Å². The number of pyridine rings is 1. The highest BCUT2D eigenvalue weighted by Gasteiger charge is 2.15. The van der Waals surface area contributed by atoms with Crippen molar-refractivity contribution in [2.75, 3.05) is 26.6 Å². The average Bonchev–Trinajstić information content (AvgIpc) is 2.60. The molecule has 2 N–H and O–H groups in total. The number of benzene rings is 1. The van der Waals surface area contributed by atoms with E-state index in [1.54, 1.807) is 39.6 Å². The van der Waals surface area contributed by atoms with Crippen LogP contribution in [0.25, 0.3) is 0 Å². The fourth-order valence-corrected chi connectivity index (χ4v) is 2.25. The van der Waals surface area contributed by atoms with E-state index in [9.17, 15) is 4.79 Å². The normalized spacial score (nSPS) is 11.5. The van der Waals surface area contributed by atoms with Crippen molar-refractivity contribution in [1.29, 1.82) is 0 Å². The second-order valence-corrected chi connectivity index (χ2v) is 4.96. The van der Waals surface area contributed by atoms with Crippen LogP contribution < -0.4 is 20.1 Å². The van der Waals surface area contributed by atoms with Crippen LogP contribution in [0.4, 0.5) is 5.82 Å². The summed E-state index contributed by atoms with van der Waals surface area (Å²) in [5, 5.41) is 5.87. The maximum atomic E-state index is 11.9. The van der Waals surface area contributed by atoms with Crippen molar-refractivity contribution in [3.05, 3.63) is 47.7 Å². The molecule has 0 saturated heterocycles. The molecule has 6 nitrogen and oxygen atoms in total. The fraction of sp³-hybridized carbons (Fsp3) is 0.294. The summed E-state index contributed by atoms with van der Waals surface area (Å²) >= 11 is 0. The summed E-state index contributed by atoms with van der Waals surface area (Å²) in [6.45, 7) is 1.99. The number of amides is 1. The van der Waals surface area contributed by atoms with E-state index < -0.39 is 0 Å². The lowest BCUT2D eigenvalue weighted by atomic mass is 10.1. The molecule has 0 aliphatic carbocycles. The van der Waals surface area contributed by atoms with Crippen molar-refractivity contribution in [2.24, 2.45) is 0 Å². The van der Waals surface area contributed by atoms with Gasteiger partial charge in [-0.1, -0.05) is 6.07 Å². The quantitative estimate of drug-likeness (QED) is 0.857. The first-order valence-electron chi connectivity index (χ1n) is 7.26. The Morgan fingerprint density at radius 1 is 1.17 bits per heavy atom. The second-order valence-electron chi connectivity index (χ2n) is 4.96. The number of nitrogens with one attached hydrogen (secondary N) is 2. The number of carbonyl (C=O) groups is 1. The molecular weight excluding hydrogens is 294 g/mol. The molecule has 0 fully saturated rings. The average molecular weight is 315 g/mol. The maximum absolute atomic E-state index is 11.9. The molecule has 122 valence electrons. The van der Waals surface area contributed by atoms with E-state index in [-0.39, 0.29) is 11.9 Å². The van der Waals surface area contributed by atoms with E-state index in [1.807, 2.05) is 25.1 Å². The summed E-state index contributed by atoms with van der Waals surface area (Å²) in [6, 6.07) is 9.10. The van der Waals surface area contributed by atoms with Crippen LogP contribution in [0.5, 0.6) is 11.5 Å². The first-order chi connectivity index (χ1) is 11.1. The number of carbonyl (C=O) groups excluding carboxylic acids is 1. The molecule has 0 saturated carbocycles. The van der Waals surface area contributed by atoms with Crippen LogP contribution in [-0.2, 0) is 0 Å². The number of rotatable bonds is 6. The Hall–Kier alpha value is -2.76. The number of hydrogen-bond donors (Lipinski definition) is 2. The first-order valence-corrected chi connectivity index (χ1v) is 7.26. The van der Waals surface area contributed by atoms with Gasteiger partial charge in [0.1, 0.15) is 5.82 Å². The topological polar surface area (TPSA) is 72.5 Å². The third-order valence-corrected chi connectivity index (χ3v) is 3.54. The van der Waals surface area contributed by atoms with Crippen LogP contribution in [0.15, 0.2) is 36.5 Å². The molecule has 1 atom stereocenters. The van der Waals surface area contributed by atoms with Gasteiger partial charge in [-0.05, 0) is 36.8 Å². The van der Waals surface area contributed by atoms with Crippen LogP contribution in [-0.4, -0.2) is 32.2 Å². The first kappa shape index (κ1) is 16.6. The Kier molecular flexibility index (Phi) is 5.41. The monoisotopic (exact) mass is 315 g/mol. The lowest BCUT2D eigenvalue weighted by molar-refractivity contribution is 0.0963.